The predicted molar refractivity (Wildman–Crippen MR) is 80.4 cm³/mol. The molecule has 1 fully saturated rings. The predicted octanol–water partition coefficient (Wildman–Crippen LogP) is 3.86. The zero-order chi connectivity index (χ0) is 13.7. The highest BCUT2D eigenvalue weighted by molar-refractivity contribution is 5.24. The largest absolute Gasteiger partial charge is 0.381 e. The van der Waals surface area contributed by atoms with Gasteiger partial charge in [-0.05, 0) is 50.2 Å². The van der Waals surface area contributed by atoms with Crippen molar-refractivity contribution in [3.63, 3.8) is 0 Å². The molecule has 0 saturated heterocycles. The van der Waals surface area contributed by atoms with Crippen LogP contribution >= 0.6 is 0 Å². The Morgan fingerprint density at radius 2 is 1.79 bits per heavy atom. The molecule has 1 aliphatic rings. The fourth-order valence-electron chi connectivity index (χ4n) is 2.96. The number of aryl methyl sites for hydroxylation is 1. The van der Waals surface area contributed by atoms with E-state index >= 15 is 0 Å². The van der Waals surface area contributed by atoms with Crippen LogP contribution in [0.15, 0.2) is 24.3 Å². The zero-order valence-corrected chi connectivity index (χ0v) is 12.5. The average molecular weight is 261 g/mol. The van der Waals surface area contributed by atoms with Gasteiger partial charge in [-0.25, -0.2) is 0 Å². The summed E-state index contributed by atoms with van der Waals surface area (Å²) in [5.74, 6) is 0. The minimum atomic E-state index is 0.440. The molecule has 19 heavy (non-hydrogen) atoms. The van der Waals surface area contributed by atoms with E-state index in [4.69, 9.17) is 4.74 Å². The summed E-state index contributed by atoms with van der Waals surface area (Å²) < 4.78 is 5.43. The first-order valence-electron chi connectivity index (χ1n) is 7.60. The van der Waals surface area contributed by atoms with Crippen LogP contribution in [-0.2, 0) is 11.2 Å². The third-order valence-corrected chi connectivity index (χ3v) is 4.38. The molecule has 1 atom stereocenters. The summed E-state index contributed by atoms with van der Waals surface area (Å²) in [5.41, 5.74) is 2.81. The Hall–Kier alpha value is -0.860. The van der Waals surface area contributed by atoms with Crippen molar-refractivity contribution in [1.29, 1.82) is 0 Å². The Kier molecular flexibility index (Phi) is 5.41. The van der Waals surface area contributed by atoms with E-state index in [0.717, 1.165) is 6.42 Å². The van der Waals surface area contributed by atoms with Crippen LogP contribution in [0.1, 0.15) is 56.7 Å². The van der Waals surface area contributed by atoms with E-state index in [1.807, 2.05) is 7.11 Å². The smallest absolute Gasteiger partial charge is 0.0572 e. The highest BCUT2D eigenvalue weighted by Gasteiger charge is 2.22. The molecule has 1 aromatic carbocycles. The van der Waals surface area contributed by atoms with Gasteiger partial charge in [-0.2, -0.15) is 0 Å². The van der Waals surface area contributed by atoms with Crippen LogP contribution in [0.4, 0.5) is 0 Å². The molecule has 0 heterocycles. The molecule has 2 heteroatoms. The van der Waals surface area contributed by atoms with E-state index in [-0.39, 0.29) is 0 Å². The Morgan fingerprint density at radius 1 is 1.16 bits per heavy atom. The van der Waals surface area contributed by atoms with Crippen molar-refractivity contribution in [1.82, 2.24) is 5.32 Å². The third-order valence-electron chi connectivity index (χ3n) is 4.38. The van der Waals surface area contributed by atoms with E-state index in [1.54, 1.807) is 0 Å². The normalized spacial score (nSPS) is 25.2. The van der Waals surface area contributed by atoms with Crippen LogP contribution < -0.4 is 5.32 Å². The van der Waals surface area contributed by atoms with Crippen molar-refractivity contribution in [3.8, 4) is 0 Å². The molecular formula is C17H27NO. The first-order chi connectivity index (χ1) is 9.22. The third kappa shape index (κ3) is 4.05. The van der Waals surface area contributed by atoms with Gasteiger partial charge in [-0.15, -0.1) is 0 Å². The first kappa shape index (κ1) is 14.5. The lowest BCUT2D eigenvalue weighted by atomic mass is 9.92. The summed E-state index contributed by atoms with van der Waals surface area (Å²) in [6.07, 6.45) is 6.44. The lowest BCUT2D eigenvalue weighted by Gasteiger charge is -2.30. The van der Waals surface area contributed by atoms with Gasteiger partial charge in [0.05, 0.1) is 6.10 Å². The maximum Gasteiger partial charge on any atom is 0.0572 e. The van der Waals surface area contributed by atoms with E-state index in [1.165, 1.54) is 36.8 Å². The number of rotatable bonds is 5. The lowest BCUT2D eigenvalue weighted by Crippen LogP contribution is -2.36. The molecule has 0 aliphatic heterocycles. The number of ether oxygens (including phenoxy) is 1. The molecule has 1 N–H and O–H groups in total. The van der Waals surface area contributed by atoms with Crippen molar-refractivity contribution in [2.45, 2.75) is 64.1 Å². The van der Waals surface area contributed by atoms with Gasteiger partial charge in [0, 0.05) is 19.2 Å². The lowest BCUT2D eigenvalue weighted by molar-refractivity contribution is 0.0614. The maximum atomic E-state index is 5.43. The minimum absolute atomic E-state index is 0.440. The summed E-state index contributed by atoms with van der Waals surface area (Å²) in [5, 5.41) is 3.76. The van der Waals surface area contributed by atoms with Crippen molar-refractivity contribution in [2.75, 3.05) is 7.11 Å². The molecule has 1 saturated carbocycles. The van der Waals surface area contributed by atoms with Crippen LogP contribution in [0.5, 0.6) is 0 Å². The molecule has 1 aromatic rings. The molecule has 0 bridgehead atoms. The first-order valence-corrected chi connectivity index (χ1v) is 7.60. The van der Waals surface area contributed by atoms with Crippen LogP contribution in [0.3, 0.4) is 0 Å². The molecule has 0 radical (unpaired) electrons. The van der Waals surface area contributed by atoms with Gasteiger partial charge in [0.25, 0.3) is 0 Å². The molecule has 0 spiro atoms. The van der Waals surface area contributed by atoms with Crippen LogP contribution in [-0.4, -0.2) is 19.3 Å². The SMILES string of the molecule is CCc1ccc(C(C)NC2CCC(OC)CC2)cc1. The fourth-order valence-corrected chi connectivity index (χ4v) is 2.96. The topological polar surface area (TPSA) is 21.3 Å². The van der Waals surface area contributed by atoms with Crippen LogP contribution in [0.2, 0.25) is 0 Å². The quantitative estimate of drug-likeness (QED) is 0.869. The van der Waals surface area contributed by atoms with Gasteiger partial charge in [0.1, 0.15) is 0 Å². The molecule has 1 unspecified atom stereocenters. The number of hydrogen-bond acceptors (Lipinski definition) is 2. The van der Waals surface area contributed by atoms with Crippen LogP contribution in [0, 0.1) is 0 Å². The summed E-state index contributed by atoms with van der Waals surface area (Å²) in [6, 6.07) is 10.1. The Morgan fingerprint density at radius 3 is 2.32 bits per heavy atom. The minimum Gasteiger partial charge on any atom is -0.381 e. The van der Waals surface area contributed by atoms with Gasteiger partial charge in [0.15, 0.2) is 0 Å². The van der Waals surface area contributed by atoms with Crippen molar-refractivity contribution in [3.05, 3.63) is 35.4 Å². The van der Waals surface area contributed by atoms with Crippen molar-refractivity contribution in [2.24, 2.45) is 0 Å². The maximum absolute atomic E-state index is 5.43. The van der Waals surface area contributed by atoms with Gasteiger partial charge >= 0.3 is 0 Å². The Bertz CT molecular complexity index is 365. The summed E-state index contributed by atoms with van der Waals surface area (Å²) >= 11 is 0. The molecular weight excluding hydrogens is 234 g/mol. The number of nitrogens with one attached hydrogen (secondary N) is 1. The van der Waals surface area contributed by atoms with Gasteiger partial charge in [0.2, 0.25) is 0 Å². The van der Waals surface area contributed by atoms with Gasteiger partial charge in [-0.1, -0.05) is 31.2 Å². The zero-order valence-electron chi connectivity index (χ0n) is 12.5. The number of hydrogen-bond donors (Lipinski definition) is 1. The number of methoxy groups -OCH3 is 1. The van der Waals surface area contributed by atoms with Gasteiger partial charge < -0.3 is 10.1 Å². The second-order valence-corrected chi connectivity index (χ2v) is 5.69. The summed E-state index contributed by atoms with van der Waals surface area (Å²) in [6.45, 7) is 4.47. The summed E-state index contributed by atoms with van der Waals surface area (Å²) in [4.78, 5) is 0. The fraction of sp³-hybridized carbons (Fsp3) is 0.647. The molecule has 2 rings (SSSR count). The Labute approximate surface area is 117 Å². The highest BCUT2D eigenvalue weighted by atomic mass is 16.5. The second kappa shape index (κ2) is 7.06. The molecule has 2 nitrogen and oxygen atoms in total. The van der Waals surface area contributed by atoms with E-state index in [9.17, 15) is 0 Å². The monoisotopic (exact) mass is 261 g/mol. The molecule has 0 aromatic heterocycles. The van der Waals surface area contributed by atoms with E-state index in [2.05, 4.69) is 43.4 Å². The van der Waals surface area contributed by atoms with E-state index in [0.29, 0.717) is 18.2 Å². The standard InChI is InChI=1S/C17H27NO/c1-4-14-5-7-15(8-6-14)13(2)18-16-9-11-17(19-3)12-10-16/h5-8,13,16-18H,4,9-12H2,1-3H3. The Balaban J connectivity index is 1.85. The molecule has 0 amide bonds. The second-order valence-electron chi connectivity index (χ2n) is 5.69. The highest BCUT2D eigenvalue weighted by Crippen LogP contribution is 2.23. The van der Waals surface area contributed by atoms with Gasteiger partial charge in [-0.3, -0.25) is 0 Å². The van der Waals surface area contributed by atoms with Crippen molar-refractivity contribution < 1.29 is 4.74 Å². The average Bonchev–Trinajstić information content (AvgIpc) is 2.48. The van der Waals surface area contributed by atoms with Crippen molar-refractivity contribution >= 4 is 0 Å². The van der Waals surface area contributed by atoms with E-state index < -0.39 is 0 Å². The molecule has 1 aliphatic carbocycles. The van der Waals surface area contributed by atoms with Crippen LogP contribution in [0.25, 0.3) is 0 Å². The number of benzene rings is 1. The molecule has 106 valence electrons. The summed E-state index contributed by atoms with van der Waals surface area (Å²) in [7, 11) is 1.83.